The fourth-order valence-electron chi connectivity index (χ4n) is 2.61. The topological polar surface area (TPSA) is 29.1 Å². The van der Waals surface area contributed by atoms with Gasteiger partial charge in [-0.15, -0.1) is 0 Å². The van der Waals surface area contributed by atoms with Gasteiger partial charge in [0.25, 0.3) is 0 Å². The zero-order valence-electron chi connectivity index (χ0n) is 13.2. The number of nitrogens with one attached hydrogen (secondary N) is 1. The molecule has 24 heavy (non-hydrogen) atoms. The molecular formula is C20H18FNOS. The molecule has 1 N–H and O–H groups in total. The van der Waals surface area contributed by atoms with Crippen molar-refractivity contribution >= 4 is 17.2 Å². The highest BCUT2D eigenvalue weighted by molar-refractivity contribution is 7.08. The SMILES string of the molecule is O=C(CCc1ccccc1F)NCc1ccccc1-c1ccsc1. The molecule has 1 amide bonds. The summed E-state index contributed by atoms with van der Waals surface area (Å²) in [6, 6.07) is 16.7. The molecule has 0 atom stereocenters. The summed E-state index contributed by atoms with van der Waals surface area (Å²) < 4.78 is 13.6. The Bertz CT molecular complexity index is 814. The van der Waals surface area contributed by atoms with Gasteiger partial charge < -0.3 is 5.32 Å². The molecule has 3 rings (SSSR count). The van der Waals surface area contributed by atoms with E-state index in [2.05, 4.69) is 22.8 Å². The van der Waals surface area contributed by atoms with Gasteiger partial charge in [-0.05, 0) is 51.6 Å². The van der Waals surface area contributed by atoms with E-state index in [4.69, 9.17) is 0 Å². The number of halogens is 1. The van der Waals surface area contributed by atoms with Crippen LogP contribution in [0.2, 0.25) is 0 Å². The van der Waals surface area contributed by atoms with E-state index in [0.717, 1.165) is 16.7 Å². The molecule has 0 bridgehead atoms. The molecule has 0 saturated carbocycles. The van der Waals surface area contributed by atoms with E-state index >= 15 is 0 Å². The molecule has 0 aliphatic carbocycles. The van der Waals surface area contributed by atoms with Crippen LogP contribution in [0.25, 0.3) is 11.1 Å². The van der Waals surface area contributed by atoms with Crippen molar-refractivity contribution in [2.75, 3.05) is 0 Å². The van der Waals surface area contributed by atoms with E-state index in [1.165, 1.54) is 6.07 Å². The van der Waals surface area contributed by atoms with E-state index in [0.29, 0.717) is 18.5 Å². The standard InChI is InChI=1S/C20H18FNOS/c21-19-8-4-2-5-15(19)9-10-20(23)22-13-16-6-1-3-7-18(16)17-11-12-24-14-17/h1-8,11-12,14H,9-10,13H2,(H,22,23). The van der Waals surface area contributed by atoms with Crippen LogP contribution in [0.1, 0.15) is 17.5 Å². The maximum absolute atomic E-state index is 13.6. The average molecular weight is 339 g/mol. The van der Waals surface area contributed by atoms with Crippen LogP contribution in [0, 0.1) is 5.82 Å². The fraction of sp³-hybridized carbons (Fsp3) is 0.150. The Hall–Kier alpha value is -2.46. The number of thiophene rings is 1. The van der Waals surface area contributed by atoms with E-state index in [1.807, 2.05) is 23.6 Å². The summed E-state index contributed by atoms with van der Waals surface area (Å²) in [5.41, 5.74) is 3.95. The van der Waals surface area contributed by atoms with Crippen molar-refractivity contribution in [3.63, 3.8) is 0 Å². The van der Waals surface area contributed by atoms with Crippen molar-refractivity contribution in [2.45, 2.75) is 19.4 Å². The Kier molecular flexibility index (Phi) is 5.39. The van der Waals surface area contributed by atoms with Gasteiger partial charge in [-0.2, -0.15) is 11.3 Å². The van der Waals surface area contributed by atoms with Gasteiger partial charge in [0.2, 0.25) is 5.91 Å². The lowest BCUT2D eigenvalue weighted by Crippen LogP contribution is -2.23. The second kappa shape index (κ2) is 7.88. The Balaban J connectivity index is 1.58. The molecule has 0 radical (unpaired) electrons. The number of rotatable bonds is 6. The maximum Gasteiger partial charge on any atom is 0.220 e. The maximum atomic E-state index is 13.6. The summed E-state index contributed by atoms with van der Waals surface area (Å²) in [6.45, 7) is 0.474. The lowest BCUT2D eigenvalue weighted by atomic mass is 10.0. The number of carbonyl (C=O) groups is 1. The normalized spacial score (nSPS) is 10.5. The first-order valence-corrected chi connectivity index (χ1v) is 8.79. The van der Waals surface area contributed by atoms with Crippen LogP contribution >= 0.6 is 11.3 Å². The van der Waals surface area contributed by atoms with E-state index in [-0.39, 0.29) is 18.1 Å². The van der Waals surface area contributed by atoms with Crippen LogP contribution in [0.15, 0.2) is 65.4 Å². The van der Waals surface area contributed by atoms with Crippen molar-refractivity contribution in [3.05, 3.63) is 82.3 Å². The molecule has 0 unspecified atom stereocenters. The Morgan fingerprint density at radius 3 is 2.50 bits per heavy atom. The molecule has 4 heteroatoms. The first-order valence-electron chi connectivity index (χ1n) is 7.84. The predicted molar refractivity (Wildman–Crippen MR) is 96.3 cm³/mol. The summed E-state index contributed by atoms with van der Waals surface area (Å²) in [6.07, 6.45) is 0.687. The van der Waals surface area contributed by atoms with Crippen LogP contribution in [0.3, 0.4) is 0 Å². The molecule has 0 saturated heterocycles. The second-order valence-corrected chi connectivity index (χ2v) is 6.32. The van der Waals surface area contributed by atoms with Gasteiger partial charge in [0.15, 0.2) is 0 Å². The minimum atomic E-state index is -0.256. The summed E-state index contributed by atoms with van der Waals surface area (Å²) in [4.78, 5) is 12.1. The zero-order valence-corrected chi connectivity index (χ0v) is 14.0. The predicted octanol–water partition coefficient (Wildman–Crippen LogP) is 4.80. The summed E-state index contributed by atoms with van der Waals surface area (Å²) in [5, 5.41) is 7.07. The molecule has 122 valence electrons. The number of carbonyl (C=O) groups excluding carboxylic acids is 1. The third-order valence-electron chi connectivity index (χ3n) is 3.90. The van der Waals surface area contributed by atoms with E-state index < -0.39 is 0 Å². The van der Waals surface area contributed by atoms with Gasteiger partial charge in [-0.25, -0.2) is 4.39 Å². The first-order chi connectivity index (χ1) is 11.7. The van der Waals surface area contributed by atoms with Crippen molar-refractivity contribution in [1.29, 1.82) is 0 Å². The third-order valence-corrected chi connectivity index (χ3v) is 4.59. The lowest BCUT2D eigenvalue weighted by Gasteiger charge is -2.10. The Morgan fingerprint density at radius 2 is 1.75 bits per heavy atom. The smallest absolute Gasteiger partial charge is 0.220 e. The Morgan fingerprint density at radius 1 is 1.00 bits per heavy atom. The van der Waals surface area contributed by atoms with Crippen LogP contribution in [-0.4, -0.2) is 5.91 Å². The van der Waals surface area contributed by atoms with Crippen LogP contribution in [0.5, 0.6) is 0 Å². The van der Waals surface area contributed by atoms with Crippen LogP contribution in [0.4, 0.5) is 4.39 Å². The number of aryl methyl sites for hydroxylation is 1. The minimum absolute atomic E-state index is 0.0709. The second-order valence-electron chi connectivity index (χ2n) is 5.54. The number of hydrogen-bond donors (Lipinski definition) is 1. The highest BCUT2D eigenvalue weighted by Crippen LogP contribution is 2.25. The van der Waals surface area contributed by atoms with Gasteiger partial charge in [0.05, 0.1) is 0 Å². The molecule has 1 heterocycles. The third kappa shape index (κ3) is 4.09. The first kappa shape index (κ1) is 16.4. The van der Waals surface area contributed by atoms with Gasteiger partial charge in [0.1, 0.15) is 5.82 Å². The number of amides is 1. The fourth-order valence-corrected chi connectivity index (χ4v) is 3.26. The molecule has 2 aromatic carbocycles. The molecule has 0 aliphatic heterocycles. The van der Waals surface area contributed by atoms with Gasteiger partial charge in [-0.3, -0.25) is 4.79 Å². The van der Waals surface area contributed by atoms with Crippen LogP contribution < -0.4 is 5.32 Å². The largest absolute Gasteiger partial charge is 0.352 e. The van der Waals surface area contributed by atoms with E-state index in [9.17, 15) is 9.18 Å². The summed E-state index contributed by atoms with van der Waals surface area (Å²) in [7, 11) is 0. The number of benzene rings is 2. The molecule has 0 spiro atoms. The monoisotopic (exact) mass is 339 g/mol. The Labute approximate surface area is 145 Å². The summed E-state index contributed by atoms with van der Waals surface area (Å²) in [5.74, 6) is -0.327. The highest BCUT2D eigenvalue weighted by atomic mass is 32.1. The van der Waals surface area contributed by atoms with E-state index in [1.54, 1.807) is 29.5 Å². The molecule has 3 aromatic rings. The molecule has 0 aliphatic rings. The van der Waals surface area contributed by atoms with Crippen molar-refractivity contribution in [2.24, 2.45) is 0 Å². The number of hydrogen-bond acceptors (Lipinski definition) is 2. The van der Waals surface area contributed by atoms with Gasteiger partial charge in [-0.1, -0.05) is 42.5 Å². The molecule has 0 fully saturated rings. The van der Waals surface area contributed by atoms with Gasteiger partial charge in [0, 0.05) is 13.0 Å². The zero-order chi connectivity index (χ0) is 16.8. The molecule has 2 nitrogen and oxygen atoms in total. The molecule has 1 aromatic heterocycles. The van der Waals surface area contributed by atoms with Crippen LogP contribution in [-0.2, 0) is 17.8 Å². The van der Waals surface area contributed by atoms with Gasteiger partial charge >= 0.3 is 0 Å². The lowest BCUT2D eigenvalue weighted by molar-refractivity contribution is -0.121. The van der Waals surface area contributed by atoms with Crippen molar-refractivity contribution in [1.82, 2.24) is 5.32 Å². The average Bonchev–Trinajstić information content (AvgIpc) is 3.14. The molecular weight excluding hydrogens is 321 g/mol. The minimum Gasteiger partial charge on any atom is -0.352 e. The highest BCUT2D eigenvalue weighted by Gasteiger charge is 2.08. The van der Waals surface area contributed by atoms with Crippen molar-refractivity contribution in [3.8, 4) is 11.1 Å². The quantitative estimate of drug-likeness (QED) is 0.686. The van der Waals surface area contributed by atoms with Crippen molar-refractivity contribution < 1.29 is 9.18 Å². The summed E-state index contributed by atoms with van der Waals surface area (Å²) >= 11 is 1.65.